The summed E-state index contributed by atoms with van der Waals surface area (Å²) in [4.78, 5) is 39.8. The molecule has 124 valence electrons. The van der Waals surface area contributed by atoms with Crippen molar-refractivity contribution in [3.8, 4) is 0 Å². The molecule has 23 heavy (non-hydrogen) atoms. The maximum Gasteiger partial charge on any atom is 0.409 e. The van der Waals surface area contributed by atoms with Crippen LogP contribution in [0.15, 0.2) is 18.3 Å². The van der Waals surface area contributed by atoms with Crippen LogP contribution in [0.3, 0.4) is 0 Å². The number of pyridine rings is 1. The van der Waals surface area contributed by atoms with E-state index in [1.165, 1.54) is 12.1 Å². The molecule has 0 radical (unpaired) electrons. The summed E-state index contributed by atoms with van der Waals surface area (Å²) in [6.45, 7) is 3.91. The Kier molecular flexibility index (Phi) is 5.47. The molecule has 1 aromatic rings. The molecule has 0 saturated carbocycles. The van der Waals surface area contributed by atoms with Gasteiger partial charge in [0, 0.05) is 32.4 Å². The number of hydrogen-bond donors (Lipinski definition) is 2. The van der Waals surface area contributed by atoms with Crippen molar-refractivity contribution in [2.45, 2.75) is 6.92 Å². The second kappa shape index (κ2) is 7.54. The first-order valence-corrected chi connectivity index (χ1v) is 7.18. The lowest BCUT2D eigenvalue weighted by atomic mass is 10.2. The highest BCUT2D eigenvalue weighted by Crippen LogP contribution is 2.04. The van der Waals surface area contributed by atoms with Gasteiger partial charge in [0.05, 0.1) is 12.2 Å². The molecule has 1 aliphatic heterocycles. The molecule has 9 heteroatoms. The van der Waals surface area contributed by atoms with Gasteiger partial charge in [-0.3, -0.25) is 15.2 Å². The quantitative estimate of drug-likeness (QED) is 0.814. The number of aromatic nitrogens is 1. The minimum atomic E-state index is -1.10. The van der Waals surface area contributed by atoms with Crippen molar-refractivity contribution in [3.05, 3.63) is 29.6 Å². The van der Waals surface area contributed by atoms with Crippen LogP contribution in [0.5, 0.6) is 0 Å². The van der Waals surface area contributed by atoms with Crippen LogP contribution in [0.1, 0.15) is 27.8 Å². The van der Waals surface area contributed by atoms with E-state index in [-0.39, 0.29) is 17.4 Å². The van der Waals surface area contributed by atoms with E-state index in [0.29, 0.717) is 32.8 Å². The van der Waals surface area contributed by atoms with Crippen molar-refractivity contribution in [1.29, 1.82) is 0 Å². The average molecular weight is 322 g/mol. The number of carbonyl (C=O) groups excluding carboxylic acids is 2. The molecule has 1 aromatic heterocycles. The Hall–Kier alpha value is -2.68. The van der Waals surface area contributed by atoms with Gasteiger partial charge in [-0.2, -0.15) is 0 Å². The van der Waals surface area contributed by atoms with E-state index >= 15 is 0 Å². The van der Waals surface area contributed by atoms with Crippen molar-refractivity contribution < 1.29 is 24.2 Å². The Labute approximate surface area is 132 Å². The number of aromatic carboxylic acids is 1. The van der Waals surface area contributed by atoms with Crippen LogP contribution >= 0.6 is 0 Å². The van der Waals surface area contributed by atoms with Crippen molar-refractivity contribution in [2.75, 3.05) is 32.8 Å². The number of amides is 2. The third-order valence-corrected chi connectivity index (χ3v) is 3.31. The largest absolute Gasteiger partial charge is 0.478 e. The highest BCUT2D eigenvalue weighted by Gasteiger charge is 2.23. The van der Waals surface area contributed by atoms with Crippen molar-refractivity contribution >= 4 is 18.0 Å². The van der Waals surface area contributed by atoms with Crippen LogP contribution in [0, 0.1) is 0 Å². The number of nitrogens with zero attached hydrogens (tertiary/aromatic N) is 3. The van der Waals surface area contributed by atoms with Gasteiger partial charge in [-0.15, -0.1) is 0 Å². The molecular weight excluding hydrogens is 304 g/mol. The molecule has 1 aliphatic rings. The number of carbonyl (C=O) groups is 3. The summed E-state index contributed by atoms with van der Waals surface area (Å²) in [6.07, 6.45) is 0.778. The SMILES string of the molecule is CCOC(=O)N1CCN(NC(=O)c2ccc(C(=O)O)cn2)CC1. The lowest BCUT2D eigenvalue weighted by Crippen LogP contribution is -2.55. The summed E-state index contributed by atoms with van der Waals surface area (Å²) in [7, 11) is 0. The van der Waals surface area contributed by atoms with E-state index in [1.807, 2.05) is 0 Å². The zero-order valence-corrected chi connectivity index (χ0v) is 12.7. The third kappa shape index (κ3) is 4.39. The molecule has 9 nitrogen and oxygen atoms in total. The molecule has 0 spiro atoms. The number of rotatable bonds is 4. The first-order valence-electron chi connectivity index (χ1n) is 7.18. The molecule has 2 N–H and O–H groups in total. The van der Waals surface area contributed by atoms with Crippen molar-refractivity contribution in [1.82, 2.24) is 20.3 Å². The van der Waals surface area contributed by atoms with Crippen LogP contribution < -0.4 is 5.43 Å². The molecule has 0 unspecified atom stereocenters. The van der Waals surface area contributed by atoms with Crippen molar-refractivity contribution in [2.24, 2.45) is 0 Å². The first kappa shape index (κ1) is 16.7. The van der Waals surface area contributed by atoms with Gasteiger partial charge in [0.15, 0.2) is 0 Å². The second-order valence-corrected chi connectivity index (χ2v) is 4.85. The number of piperazine rings is 1. The first-order chi connectivity index (χ1) is 11.0. The predicted octanol–water partition coefficient (Wildman–Crippen LogP) is 0.199. The lowest BCUT2D eigenvalue weighted by molar-refractivity contribution is 0.0533. The minimum Gasteiger partial charge on any atom is -0.478 e. The fraction of sp³-hybridized carbons (Fsp3) is 0.429. The molecule has 0 atom stereocenters. The topological polar surface area (TPSA) is 112 Å². The van der Waals surface area contributed by atoms with Gasteiger partial charge in [-0.05, 0) is 19.1 Å². The Balaban J connectivity index is 1.85. The molecule has 0 aliphatic carbocycles. The van der Waals surface area contributed by atoms with Gasteiger partial charge in [0.2, 0.25) is 0 Å². The van der Waals surface area contributed by atoms with Gasteiger partial charge in [-0.25, -0.2) is 14.6 Å². The maximum absolute atomic E-state index is 12.0. The van der Waals surface area contributed by atoms with E-state index < -0.39 is 11.9 Å². The summed E-state index contributed by atoms with van der Waals surface area (Å²) >= 11 is 0. The molecular formula is C14H18N4O5. The molecule has 0 bridgehead atoms. The lowest BCUT2D eigenvalue weighted by Gasteiger charge is -2.33. The number of carboxylic acid groups (broad SMARTS) is 1. The summed E-state index contributed by atoms with van der Waals surface area (Å²) in [5, 5.41) is 10.5. The van der Waals surface area contributed by atoms with E-state index in [9.17, 15) is 14.4 Å². The summed E-state index contributed by atoms with van der Waals surface area (Å²) in [5.74, 6) is -1.52. The number of nitrogens with one attached hydrogen (secondary N) is 1. The van der Waals surface area contributed by atoms with Crippen LogP contribution in [0.2, 0.25) is 0 Å². The van der Waals surface area contributed by atoms with Crippen LogP contribution in [-0.2, 0) is 4.74 Å². The Morgan fingerprint density at radius 2 is 1.96 bits per heavy atom. The fourth-order valence-electron chi connectivity index (χ4n) is 2.07. The predicted molar refractivity (Wildman–Crippen MR) is 78.8 cm³/mol. The average Bonchev–Trinajstić information content (AvgIpc) is 2.55. The number of carboxylic acids is 1. The summed E-state index contributed by atoms with van der Waals surface area (Å²) in [5.41, 5.74) is 2.83. The van der Waals surface area contributed by atoms with Crippen LogP contribution in [0.4, 0.5) is 4.79 Å². The second-order valence-electron chi connectivity index (χ2n) is 4.85. The molecule has 2 amide bonds. The van der Waals surface area contributed by atoms with E-state index in [1.54, 1.807) is 16.8 Å². The monoisotopic (exact) mass is 322 g/mol. The number of hydrogen-bond acceptors (Lipinski definition) is 6. The van der Waals surface area contributed by atoms with E-state index in [2.05, 4.69) is 10.4 Å². The zero-order chi connectivity index (χ0) is 16.8. The van der Waals surface area contributed by atoms with Gasteiger partial charge < -0.3 is 14.7 Å². The van der Waals surface area contributed by atoms with Gasteiger partial charge in [0.25, 0.3) is 5.91 Å². The van der Waals surface area contributed by atoms with E-state index in [4.69, 9.17) is 9.84 Å². The van der Waals surface area contributed by atoms with Crippen molar-refractivity contribution in [3.63, 3.8) is 0 Å². The minimum absolute atomic E-state index is 0.0181. The summed E-state index contributed by atoms with van der Waals surface area (Å²) < 4.78 is 4.92. The smallest absolute Gasteiger partial charge is 0.409 e. The van der Waals surface area contributed by atoms with E-state index in [0.717, 1.165) is 6.20 Å². The molecule has 1 fully saturated rings. The third-order valence-electron chi connectivity index (χ3n) is 3.31. The summed E-state index contributed by atoms with van der Waals surface area (Å²) in [6, 6.07) is 2.68. The Morgan fingerprint density at radius 1 is 1.26 bits per heavy atom. The van der Waals surface area contributed by atoms with Gasteiger partial charge in [0.1, 0.15) is 5.69 Å². The number of hydrazine groups is 1. The fourth-order valence-corrected chi connectivity index (χ4v) is 2.07. The highest BCUT2D eigenvalue weighted by atomic mass is 16.6. The number of ether oxygens (including phenoxy) is 1. The Morgan fingerprint density at radius 3 is 2.48 bits per heavy atom. The van der Waals surface area contributed by atoms with Crippen LogP contribution in [0.25, 0.3) is 0 Å². The van der Waals surface area contributed by atoms with Gasteiger partial charge in [-0.1, -0.05) is 0 Å². The zero-order valence-electron chi connectivity index (χ0n) is 12.7. The normalized spacial score (nSPS) is 15.1. The maximum atomic E-state index is 12.0. The molecule has 0 aromatic carbocycles. The van der Waals surface area contributed by atoms with Crippen LogP contribution in [-0.4, -0.2) is 70.8 Å². The highest BCUT2D eigenvalue weighted by molar-refractivity contribution is 5.93. The molecule has 1 saturated heterocycles. The Bertz CT molecular complexity index is 581. The van der Waals surface area contributed by atoms with Gasteiger partial charge >= 0.3 is 12.1 Å². The molecule has 2 heterocycles. The molecule has 2 rings (SSSR count). The standard InChI is InChI=1S/C14H18N4O5/c1-2-23-14(22)17-5-7-18(8-6-17)16-12(19)11-4-3-10(9-15-11)13(20)21/h3-4,9H,2,5-8H2,1H3,(H,16,19)(H,20,21).